The molecule has 0 radical (unpaired) electrons. The van der Waals surface area contributed by atoms with Crippen LogP contribution in [0.1, 0.15) is 70.7 Å². The zero-order chi connectivity index (χ0) is 34.1. The number of carbonyl (C=O) groups is 2. The largest absolute Gasteiger partial charge is 0.390 e. The van der Waals surface area contributed by atoms with Crippen molar-refractivity contribution in [2.75, 3.05) is 11.9 Å². The van der Waals surface area contributed by atoms with Gasteiger partial charge < -0.3 is 26.0 Å². The third-order valence-corrected chi connectivity index (χ3v) is 11.2. The summed E-state index contributed by atoms with van der Waals surface area (Å²) in [5, 5.41) is 36.6. The summed E-state index contributed by atoms with van der Waals surface area (Å²) in [5.41, 5.74) is -2.82. The van der Waals surface area contributed by atoms with Gasteiger partial charge in [0, 0.05) is 41.8 Å². The highest BCUT2D eigenvalue weighted by atomic mass is 35.5. The lowest BCUT2D eigenvalue weighted by Crippen LogP contribution is -2.55. The fraction of sp³-hybridized carbons (Fsp3) is 0.548. The second-order valence-electron chi connectivity index (χ2n) is 12.8. The Bertz CT molecular complexity index is 1510. The minimum absolute atomic E-state index is 0.00979. The van der Waals surface area contributed by atoms with E-state index in [2.05, 4.69) is 10.6 Å². The molecule has 45 heavy (non-hydrogen) atoms. The van der Waals surface area contributed by atoms with Crippen LogP contribution >= 0.6 is 11.6 Å². The summed E-state index contributed by atoms with van der Waals surface area (Å²) in [7, 11) is -4.20. The molecule has 2 aromatic carbocycles. The van der Waals surface area contributed by atoms with Crippen molar-refractivity contribution < 1.29 is 46.5 Å². The molecule has 5 N–H and O–H groups in total. The van der Waals surface area contributed by atoms with Crippen molar-refractivity contribution >= 4 is 38.9 Å². The van der Waals surface area contributed by atoms with Gasteiger partial charge in [-0.15, -0.1) is 0 Å². The van der Waals surface area contributed by atoms with Crippen LogP contribution in [0.25, 0.3) is 0 Å². The van der Waals surface area contributed by atoms with E-state index in [0.717, 1.165) is 6.07 Å². The number of carbonyl (C=O) groups excluding carboxylic acids is 2. The Hall–Kier alpha value is -2.71. The van der Waals surface area contributed by atoms with Crippen LogP contribution in [0.5, 0.6) is 0 Å². The number of amides is 2. The van der Waals surface area contributed by atoms with Gasteiger partial charge in [0.25, 0.3) is 5.91 Å². The molecule has 250 valence electrons. The summed E-state index contributed by atoms with van der Waals surface area (Å²) in [6, 6.07) is 4.63. The lowest BCUT2D eigenvalue weighted by molar-refractivity contribution is -0.134. The number of hydrogen-bond donors (Lipinski definition) is 5. The highest BCUT2D eigenvalue weighted by molar-refractivity contribution is 7.92. The Balaban J connectivity index is 1.79. The maximum absolute atomic E-state index is 13.9. The van der Waals surface area contributed by atoms with Crippen molar-refractivity contribution in [1.82, 2.24) is 5.32 Å². The number of benzene rings is 2. The Morgan fingerprint density at radius 1 is 1.07 bits per heavy atom. The maximum atomic E-state index is 13.9. The van der Waals surface area contributed by atoms with Crippen LogP contribution in [0.2, 0.25) is 5.02 Å². The topological polar surface area (TPSA) is 153 Å². The minimum Gasteiger partial charge on any atom is -0.390 e. The summed E-state index contributed by atoms with van der Waals surface area (Å²) in [5.74, 6) is -7.25. The first kappa shape index (κ1) is 36.8. The second-order valence-corrected chi connectivity index (χ2v) is 15.4. The van der Waals surface area contributed by atoms with Crippen LogP contribution in [-0.2, 0) is 14.6 Å². The standard InChI is InChI=1S/C31H40ClF3N2O7S/c1-6-18-11-20(9-16(2)31(18,42)14-24(38)25(39)15-36-29(41)30(3,4)5)45(43,44)26-10-17(7-8-21(26)32)28(40)37-19-12-22(33)27(35)23(34)13-19/h7-8,10,12-13,16,18,20,24-25,38-39,42H,6,9,11,14-15H2,1-5H3,(H,36,41)(H,37,40)/t16-,18?,20-,24?,25?,31-/m0/s1. The van der Waals surface area contributed by atoms with Gasteiger partial charge in [-0.05, 0) is 42.9 Å². The molecule has 1 aliphatic carbocycles. The molecule has 2 amide bonds. The number of aliphatic hydroxyl groups is 3. The van der Waals surface area contributed by atoms with Crippen LogP contribution in [-0.4, -0.2) is 65.2 Å². The predicted molar refractivity (Wildman–Crippen MR) is 163 cm³/mol. The molecule has 6 atom stereocenters. The smallest absolute Gasteiger partial charge is 0.255 e. The quantitative estimate of drug-likeness (QED) is 0.230. The maximum Gasteiger partial charge on any atom is 0.255 e. The van der Waals surface area contributed by atoms with Gasteiger partial charge in [0.05, 0.1) is 33.0 Å². The molecule has 14 heteroatoms. The predicted octanol–water partition coefficient (Wildman–Crippen LogP) is 4.61. The molecule has 1 aliphatic rings. The number of sulfone groups is 1. The number of rotatable bonds is 10. The molecule has 1 saturated carbocycles. The zero-order valence-electron chi connectivity index (χ0n) is 25.7. The number of hydrogen-bond acceptors (Lipinski definition) is 7. The molecule has 2 aromatic rings. The van der Waals surface area contributed by atoms with Crippen molar-refractivity contribution in [3.8, 4) is 0 Å². The average molecular weight is 677 g/mol. The SMILES string of the molecule is CCC1C[C@@H](S(=O)(=O)c2cc(C(=O)Nc3cc(F)c(F)c(F)c3)ccc2Cl)C[C@H](C)[C@@]1(O)CC(O)C(O)CNC(=O)C(C)(C)C. The third kappa shape index (κ3) is 8.18. The van der Waals surface area contributed by atoms with Crippen molar-refractivity contribution in [2.24, 2.45) is 17.3 Å². The fourth-order valence-electron chi connectivity index (χ4n) is 5.70. The molecule has 3 unspecified atom stereocenters. The van der Waals surface area contributed by atoms with Crippen LogP contribution in [0.4, 0.5) is 18.9 Å². The normalized spacial score (nSPS) is 23.7. The molecule has 0 aromatic heterocycles. The van der Waals surface area contributed by atoms with E-state index in [0.29, 0.717) is 18.6 Å². The van der Waals surface area contributed by atoms with Gasteiger partial charge in [-0.3, -0.25) is 9.59 Å². The van der Waals surface area contributed by atoms with Crippen molar-refractivity contribution in [2.45, 2.75) is 88.3 Å². The van der Waals surface area contributed by atoms with Gasteiger partial charge in [0.2, 0.25) is 5.91 Å². The lowest BCUT2D eigenvalue weighted by Gasteiger charge is -2.48. The van der Waals surface area contributed by atoms with E-state index < -0.39 is 73.5 Å². The summed E-state index contributed by atoms with van der Waals surface area (Å²) >= 11 is 6.28. The highest BCUT2D eigenvalue weighted by Crippen LogP contribution is 2.46. The Labute approximate surface area is 266 Å². The molecular weight excluding hydrogens is 637 g/mol. The van der Waals surface area contributed by atoms with E-state index in [-0.39, 0.29) is 52.9 Å². The first-order chi connectivity index (χ1) is 20.7. The minimum atomic E-state index is -4.20. The Kier molecular flexibility index (Phi) is 11.4. The first-order valence-electron chi connectivity index (χ1n) is 14.6. The number of halogens is 4. The molecule has 0 heterocycles. The molecule has 3 rings (SSSR count). The summed E-state index contributed by atoms with van der Waals surface area (Å²) < 4.78 is 68.3. The fourth-order valence-corrected chi connectivity index (χ4v) is 8.16. The molecule has 0 spiro atoms. The van der Waals surface area contributed by atoms with Gasteiger partial charge >= 0.3 is 0 Å². The van der Waals surface area contributed by atoms with Crippen molar-refractivity contribution in [3.05, 3.63) is 58.4 Å². The number of anilines is 1. The summed E-state index contributed by atoms with van der Waals surface area (Å²) in [6.45, 7) is 8.28. The van der Waals surface area contributed by atoms with Gasteiger partial charge in [-0.25, -0.2) is 21.6 Å². The number of aliphatic hydroxyl groups excluding tert-OH is 2. The van der Waals surface area contributed by atoms with E-state index in [9.17, 15) is 46.5 Å². The van der Waals surface area contributed by atoms with Gasteiger partial charge in [-0.1, -0.05) is 52.6 Å². The molecule has 1 fully saturated rings. The van der Waals surface area contributed by atoms with E-state index in [1.54, 1.807) is 34.6 Å². The first-order valence-corrected chi connectivity index (χ1v) is 16.5. The van der Waals surface area contributed by atoms with Crippen LogP contribution in [0.3, 0.4) is 0 Å². The van der Waals surface area contributed by atoms with Crippen molar-refractivity contribution in [3.63, 3.8) is 0 Å². The summed E-state index contributed by atoms with van der Waals surface area (Å²) in [6.07, 6.45) is -2.73. The van der Waals surface area contributed by atoms with Crippen molar-refractivity contribution in [1.29, 1.82) is 0 Å². The monoisotopic (exact) mass is 676 g/mol. The molecule has 9 nitrogen and oxygen atoms in total. The Morgan fingerprint density at radius 2 is 1.67 bits per heavy atom. The molecule has 0 saturated heterocycles. The lowest BCUT2D eigenvalue weighted by atomic mass is 9.65. The average Bonchev–Trinajstić information content (AvgIpc) is 2.95. The molecule has 0 bridgehead atoms. The van der Waals surface area contributed by atoms with Gasteiger partial charge in [0.15, 0.2) is 27.3 Å². The third-order valence-electron chi connectivity index (χ3n) is 8.53. The van der Waals surface area contributed by atoms with Gasteiger partial charge in [0.1, 0.15) is 0 Å². The second kappa shape index (κ2) is 14.0. The van der Waals surface area contributed by atoms with E-state index >= 15 is 0 Å². The molecule has 0 aliphatic heterocycles. The van der Waals surface area contributed by atoms with E-state index in [1.807, 2.05) is 0 Å². The van der Waals surface area contributed by atoms with E-state index in [1.165, 1.54) is 12.1 Å². The van der Waals surface area contributed by atoms with E-state index in [4.69, 9.17) is 11.6 Å². The van der Waals surface area contributed by atoms with Gasteiger partial charge in [-0.2, -0.15) is 0 Å². The van der Waals surface area contributed by atoms with Crippen LogP contribution in [0, 0.1) is 34.7 Å². The van der Waals surface area contributed by atoms with Crippen LogP contribution in [0.15, 0.2) is 35.2 Å². The Morgan fingerprint density at radius 3 is 2.22 bits per heavy atom. The number of nitrogens with one attached hydrogen (secondary N) is 2. The highest BCUT2D eigenvalue weighted by Gasteiger charge is 2.51. The van der Waals surface area contributed by atoms with Crippen LogP contribution < -0.4 is 10.6 Å². The zero-order valence-corrected chi connectivity index (χ0v) is 27.3. The molecular formula is C31H40ClF3N2O7S. The summed E-state index contributed by atoms with van der Waals surface area (Å²) in [4.78, 5) is 24.6.